The van der Waals surface area contributed by atoms with E-state index in [9.17, 15) is 4.79 Å². The van der Waals surface area contributed by atoms with Gasteiger partial charge in [0.05, 0.1) is 36.5 Å². The lowest BCUT2D eigenvalue weighted by Gasteiger charge is -2.08. The normalized spacial score (nSPS) is 11.9. The highest BCUT2D eigenvalue weighted by molar-refractivity contribution is 5.91. The number of imidazole rings is 1. The van der Waals surface area contributed by atoms with Crippen LogP contribution in [0.25, 0.3) is 11.4 Å². The number of carbonyl (C=O) groups is 1. The van der Waals surface area contributed by atoms with Gasteiger partial charge in [0.15, 0.2) is 5.69 Å². The monoisotopic (exact) mass is 365 g/mol. The topological polar surface area (TPSA) is 147 Å². The number of oxazole rings is 1. The van der Waals surface area contributed by atoms with Crippen LogP contribution in [0.2, 0.25) is 0 Å². The molecule has 0 aromatic carbocycles. The van der Waals surface area contributed by atoms with Gasteiger partial charge in [0.2, 0.25) is 5.78 Å². The van der Waals surface area contributed by atoms with Gasteiger partial charge in [-0.25, -0.2) is 15.0 Å². The zero-order chi connectivity index (χ0) is 19.1. The van der Waals surface area contributed by atoms with Crippen molar-refractivity contribution in [2.75, 3.05) is 0 Å². The fraction of sp³-hybridized carbons (Fsp3) is 0.333. The van der Waals surface area contributed by atoms with Crippen LogP contribution in [0.5, 0.6) is 0 Å². The van der Waals surface area contributed by atoms with Gasteiger partial charge in [-0.15, -0.1) is 0 Å². The summed E-state index contributed by atoms with van der Waals surface area (Å²) in [6, 6.07) is 1.71. The Morgan fingerprint density at radius 2 is 2.15 bits per heavy atom. The molecule has 138 valence electrons. The highest BCUT2D eigenvalue weighted by Gasteiger charge is 2.13. The van der Waals surface area contributed by atoms with Crippen LogP contribution in [0.15, 0.2) is 35.5 Å². The summed E-state index contributed by atoms with van der Waals surface area (Å²) in [6.45, 7) is 0. The second kappa shape index (κ2) is 8.82. The van der Waals surface area contributed by atoms with Crippen molar-refractivity contribution in [3.63, 3.8) is 0 Å². The first-order valence-electron chi connectivity index (χ1n) is 8.63. The standard InChI is InChI=1S/C18H19N7O2/c19-8-12-9-21-10-14(24-12)15-11-23-17(25-15)13(20)4-2-1-3-5-16(26)18-22-6-7-27-18/h6-7,9-11,13H,1-5,20H2,(H,23,25)/t13-/m0/s1. The SMILES string of the molecule is N#Cc1cncc(-c2cnc([C@@H](N)CCCCCC(=O)c3ncco3)[nH]2)n1. The third-order valence-corrected chi connectivity index (χ3v) is 4.06. The van der Waals surface area contributed by atoms with Gasteiger partial charge in [-0.1, -0.05) is 12.8 Å². The molecule has 0 amide bonds. The first-order valence-corrected chi connectivity index (χ1v) is 8.63. The molecule has 0 bridgehead atoms. The molecule has 27 heavy (non-hydrogen) atoms. The van der Waals surface area contributed by atoms with Crippen LogP contribution >= 0.6 is 0 Å². The highest BCUT2D eigenvalue weighted by atomic mass is 16.3. The number of aromatic amines is 1. The lowest BCUT2D eigenvalue weighted by Crippen LogP contribution is -2.12. The second-order valence-electron chi connectivity index (χ2n) is 6.05. The van der Waals surface area contributed by atoms with Crippen LogP contribution in [0.3, 0.4) is 0 Å². The molecule has 0 fully saturated rings. The Balaban J connectivity index is 1.45. The Bertz CT molecular complexity index is 927. The Hall–Kier alpha value is -3.38. The molecule has 0 unspecified atom stereocenters. The third-order valence-electron chi connectivity index (χ3n) is 4.06. The molecule has 0 aliphatic rings. The third kappa shape index (κ3) is 4.83. The molecule has 0 aliphatic heterocycles. The van der Waals surface area contributed by atoms with Gasteiger partial charge in [0.1, 0.15) is 23.9 Å². The number of hydrogen-bond acceptors (Lipinski definition) is 8. The van der Waals surface area contributed by atoms with Gasteiger partial charge in [-0.05, 0) is 12.8 Å². The smallest absolute Gasteiger partial charge is 0.263 e. The lowest BCUT2D eigenvalue weighted by atomic mass is 10.1. The van der Waals surface area contributed by atoms with Crippen LogP contribution in [0, 0.1) is 11.3 Å². The van der Waals surface area contributed by atoms with E-state index in [0.717, 1.165) is 25.7 Å². The number of nitriles is 1. The van der Waals surface area contributed by atoms with Crippen molar-refractivity contribution in [1.29, 1.82) is 5.26 Å². The second-order valence-corrected chi connectivity index (χ2v) is 6.05. The van der Waals surface area contributed by atoms with Gasteiger partial charge in [0.25, 0.3) is 5.89 Å². The average molecular weight is 365 g/mol. The summed E-state index contributed by atoms with van der Waals surface area (Å²) in [4.78, 5) is 31.2. The van der Waals surface area contributed by atoms with Crippen molar-refractivity contribution in [3.8, 4) is 17.5 Å². The quantitative estimate of drug-likeness (QED) is 0.434. The van der Waals surface area contributed by atoms with Gasteiger partial charge in [0, 0.05) is 6.42 Å². The fourth-order valence-corrected chi connectivity index (χ4v) is 2.64. The maximum absolute atomic E-state index is 11.8. The van der Waals surface area contributed by atoms with Crippen molar-refractivity contribution in [1.82, 2.24) is 24.9 Å². The van der Waals surface area contributed by atoms with E-state index >= 15 is 0 Å². The number of aromatic nitrogens is 5. The minimum absolute atomic E-state index is 0.0827. The summed E-state index contributed by atoms with van der Waals surface area (Å²) in [5.41, 5.74) is 7.64. The molecular weight excluding hydrogens is 346 g/mol. The van der Waals surface area contributed by atoms with Crippen LogP contribution in [0.4, 0.5) is 0 Å². The molecular formula is C18H19N7O2. The number of ketones is 1. The predicted octanol–water partition coefficient (Wildman–Crippen LogP) is 2.56. The molecule has 0 radical (unpaired) electrons. The molecule has 3 aromatic rings. The van der Waals surface area contributed by atoms with Crippen LogP contribution < -0.4 is 5.73 Å². The highest BCUT2D eigenvalue weighted by Crippen LogP contribution is 2.19. The molecule has 0 saturated carbocycles. The van der Waals surface area contributed by atoms with Crippen molar-refractivity contribution >= 4 is 5.78 Å². The van der Waals surface area contributed by atoms with E-state index in [1.807, 2.05) is 6.07 Å². The molecule has 0 saturated heterocycles. The van der Waals surface area contributed by atoms with E-state index in [-0.39, 0.29) is 23.4 Å². The molecule has 3 heterocycles. The van der Waals surface area contributed by atoms with Crippen molar-refractivity contribution in [3.05, 3.63) is 48.5 Å². The first kappa shape index (κ1) is 18.4. The van der Waals surface area contributed by atoms with E-state index in [0.29, 0.717) is 23.6 Å². The van der Waals surface area contributed by atoms with Gasteiger partial charge < -0.3 is 15.1 Å². The average Bonchev–Trinajstić information content (AvgIpc) is 3.39. The maximum atomic E-state index is 11.8. The van der Waals surface area contributed by atoms with E-state index in [2.05, 4.69) is 24.9 Å². The number of hydrogen-bond donors (Lipinski definition) is 2. The summed E-state index contributed by atoms with van der Waals surface area (Å²) in [5, 5.41) is 8.90. The van der Waals surface area contributed by atoms with E-state index in [1.54, 1.807) is 12.4 Å². The molecule has 9 heteroatoms. The van der Waals surface area contributed by atoms with Gasteiger partial charge in [-0.3, -0.25) is 9.78 Å². The van der Waals surface area contributed by atoms with E-state index in [4.69, 9.17) is 15.4 Å². The molecule has 9 nitrogen and oxygen atoms in total. The lowest BCUT2D eigenvalue weighted by molar-refractivity contribution is 0.0945. The zero-order valence-electron chi connectivity index (χ0n) is 14.6. The minimum Gasteiger partial charge on any atom is -0.442 e. The van der Waals surface area contributed by atoms with Gasteiger partial charge >= 0.3 is 0 Å². The Morgan fingerprint density at radius 1 is 1.26 bits per heavy atom. The molecule has 0 aliphatic carbocycles. The summed E-state index contributed by atoms with van der Waals surface area (Å²) in [6.07, 6.45) is 11.1. The van der Waals surface area contributed by atoms with Gasteiger partial charge in [-0.2, -0.15) is 5.26 Å². The molecule has 1 atom stereocenters. The maximum Gasteiger partial charge on any atom is 0.263 e. The number of nitrogens with zero attached hydrogens (tertiary/aromatic N) is 5. The summed E-state index contributed by atoms with van der Waals surface area (Å²) in [5.74, 6) is 0.740. The summed E-state index contributed by atoms with van der Waals surface area (Å²) >= 11 is 0. The largest absolute Gasteiger partial charge is 0.442 e. The van der Waals surface area contributed by atoms with E-state index in [1.165, 1.54) is 18.7 Å². The fourth-order valence-electron chi connectivity index (χ4n) is 2.64. The van der Waals surface area contributed by atoms with Crippen LogP contribution in [0.1, 0.15) is 60.3 Å². The van der Waals surface area contributed by atoms with E-state index < -0.39 is 0 Å². The Labute approximate surface area is 155 Å². The van der Waals surface area contributed by atoms with Crippen molar-refractivity contribution < 1.29 is 9.21 Å². The number of nitrogens with one attached hydrogen (secondary N) is 1. The number of Topliss-reactive ketones (excluding diaryl/α,β-unsaturated/α-hetero) is 1. The number of rotatable bonds is 9. The van der Waals surface area contributed by atoms with Crippen LogP contribution in [-0.4, -0.2) is 30.7 Å². The zero-order valence-corrected chi connectivity index (χ0v) is 14.6. The molecule has 0 spiro atoms. The minimum atomic E-state index is -0.242. The van der Waals surface area contributed by atoms with Crippen molar-refractivity contribution in [2.24, 2.45) is 5.73 Å². The molecule has 3 aromatic heterocycles. The van der Waals surface area contributed by atoms with Crippen LogP contribution in [-0.2, 0) is 0 Å². The molecule has 3 rings (SSSR count). The van der Waals surface area contributed by atoms with Crippen molar-refractivity contribution in [2.45, 2.75) is 38.1 Å². The summed E-state index contributed by atoms with van der Waals surface area (Å²) < 4.78 is 4.98. The predicted molar refractivity (Wildman–Crippen MR) is 95.2 cm³/mol. The number of carbonyl (C=O) groups excluding carboxylic acids is 1. The number of nitrogens with two attached hydrogens (primary N) is 1. The number of H-pyrrole nitrogens is 1. The summed E-state index contributed by atoms with van der Waals surface area (Å²) in [7, 11) is 0. The Morgan fingerprint density at radius 3 is 2.93 bits per heavy atom. The molecule has 3 N–H and O–H groups in total. The first-order chi connectivity index (χ1) is 13.2. The Kier molecular flexibility index (Phi) is 6.02. The number of unbranched alkanes of at least 4 members (excludes halogenated alkanes) is 2.